The quantitative estimate of drug-likeness (QED) is 0.369. The summed E-state index contributed by atoms with van der Waals surface area (Å²) in [7, 11) is 5.17. The van der Waals surface area contributed by atoms with Crippen molar-refractivity contribution in [2.24, 2.45) is 0 Å². The van der Waals surface area contributed by atoms with E-state index in [-0.39, 0.29) is 11.3 Å². The van der Waals surface area contributed by atoms with Crippen molar-refractivity contribution in [3.8, 4) is 11.5 Å². The van der Waals surface area contributed by atoms with Crippen molar-refractivity contribution in [1.82, 2.24) is 19.9 Å². The molecule has 39 heavy (non-hydrogen) atoms. The summed E-state index contributed by atoms with van der Waals surface area (Å²) >= 11 is 0. The topological polar surface area (TPSA) is 107 Å². The number of aromatic nitrogens is 3. The van der Waals surface area contributed by atoms with Crippen molar-refractivity contribution in [2.45, 2.75) is 24.7 Å². The maximum atomic E-state index is 13.0. The predicted molar refractivity (Wildman–Crippen MR) is 152 cm³/mol. The van der Waals surface area contributed by atoms with E-state index in [0.717, 1.165) is 18.5 Å². The van der Waals surface area contributed by atoms with Gasteiger partial charge in [0, 0.05) is 55.4 Å². The Bertz CT molecular complexity index is 1440. The summed E-state index contributed by atoms with van der Waals surface area (Å²) in [6.45, 7) is 2.02. The summed E-state index contributed by atoms with van der Waals surface area (Å²) in [5.74, 6) is 2.19. The van der Waals surface area contributed by atoms with Crippen LogP contribution in [0.2, 0.25) is 0 Å². The van der Waals surface area contributed by atoms with E-state index >= 15 is 0 Å². The zero-order valence-corrected chi connectivity index (χ0v) is 22.6. The highest BCUT2D eigenvalue weighted by Gasteiger charge is 2.39. The number of hydrogen-bond acceptors (Lipinski definition) is 8. The van der Waals surface area contributed by atoms with Crippen molar-refractivity contribution in [2.75, 3.05) is 51.5 Å². The van der Waals surface area contributed by atoms with Gasteiger partial charge in [-0.05, 0) is 36.6 Å². The smallest absolute Gasteiger partial charge is 0.228 e. The molecule has 0 radical (unpaired) electrons. The SMILES string of the molecule is COc1cc2nc(N(C)CC3(c4ccccc4)CCN(C(=O)Cc4ccccn4)CC3)nc(N)c2cc1OC. The number of carbonyl (C=O) groups is 1. The van der Waals surface area contributed by atoms with Crippen LogP contribution in [0.3, 0.4) is 0 Å². The second kappa shape index (κ2) is 11.1. The Labute approximate surface area is 228 Å². The molecule has 0 unspecified atom stereocenters. The Morgan fingerprint density at radius 3 is 2.36 bits per heavy atom. The summed E-state index contributed by atoms with van der Waals surface area (Å²) in [4.78, 5) is 30.8. The van der Waals surface area contributed by atoms with Crippen molar-refractivity contribution < 1.29 is 14.3 Å². The first-order chi connectivity index (χ1) is 18.9. The van der Waals surface area contributed by atoms with E-state index in [1.54, 1.807) is 26.5 Å². The standard InChI is InChI=1S/C30H34N6O3/c1-35(29-33-24-19-26(39-3)25(38-2)18-23(24)28(31)34-29)20-30(21-9-5-4-6-10-21)12-15-36(16-13-30)27(37)17-22-11-7-8-14-32-22/h4-11,14,18-19H,12-13,15-17,20H2,1-3H3,(H2,31,33,34). The molecule has 202 valence electrons. The molecule has 5 rings (SSSR count). The van der Waals surface area contributed by atoms with Crippen LogP contribution in [0.5, 0.6) is 11.5 Å². The zero-order chi connectivity index (χ0) is 27.4. The highest BCUT2D eigenvalue weighted by molar-refractivity contribution is 5.91. The number of likely N-dealkylation sites (N-methyl/N-ethyl adjacent to an activating group) is 1. The van der Waals surface area contributed by atoms with Gasteiger partial charge >= 0.3 is 0 Å². The average Bonchev–Trinajstić information content (AvgIpc) is 2.97. The molecule has 0 atom stereocenters. The van der Waals surface area contributed by atoms with Gasteiger partial charge in [0.25, 0.3) is 0 Å². The number of likely N-dealkylation sites (tertiary alicyclic amines) is 1. The Morgan fingerprint density at radius 1 is 1.00 bits per heavy atom. The third kappa shape index (κ3) is 5.43. The number of nitrogens with two attached hydrogens (primary N) is 1. The maximum Gasteiger partial charge on any atom is 0.228 e. The van der Waals surface area contributed by atoms with E-state index in [2.05, 4.69) is 39.1 Å². The van der Waals surface area contributed by atoms with Crippen LogP contribution in [0.1, 0.15) is 24.1 Å². The molecule has 1 aliphatic rings. The number of nitrogen functional groups attached to an aromatic ring is 1. The van der Waals surface area contributed by atoms with Crippen LogP contribution in [-0.4, -0.2) is 66.7 Å². The minimum Gasteiger partial charge on any atom is -0.493 e. The molecule has 3 heterocycles. The molecular formula is C30H34N6O3. The minimum atomic E-state index is -0.178. The van der Waals surface area contributed by atoms with Crippen molar-refractivity contribution in [3.05, 3.63) is 78.1 Å². The number of pyridine rings is 1. The Hall–Kier alpha value is -4.40. The molecule has 0 saturated carbocycles. The maximum absolute atomic E-state index is 13.0. The van der Waals surface area contributed by atoms with Gasteiger partial charge in [0.1, 0.15) is 5.82 Å². The van der Waals surface area contributed by atoms with Gasteiger partial charge in [-0.1, -0.05) is 36.4 Å². The van der Waals surface area contributed by atoms with Gasteiger partial charge < -0.3 is 25.0 Å². The molecule has 9 heteroatoms. The number of ether oxygens (including phenoxy) is 2. The molecule has 0 aliphatic carbocycles. The van der Waals surface area contributed by atoms with Crippen molar-refractivity contribution >= 4 is 28.6 Å². The number of methoxy groups -OCH3 is 2. The summed E-state index contributed by atoms with van der Waals surface area (Å²) in [5.41, 5.74) is 8.92. The lowest BCUT2D eigenvalue weighted by atomic mass is 9.72. The molecule has 0 spiro atoms. The van der Waals surface area contributed by atoms with Gasteiger partial charge in [-0.2, -0.15) is 4.98 Å². The predicted octanol–water partition coefficient (Wildman–Crippen LogP) is 3.86. The largest absolute Gasteiger partial charge is 0.493 e. The lowest BCUT2D eigenvalue weighted by molar-refractivity contribution is -0.132. The fraction of sp³-hybridized carbons (Fsp3) is 0.333. The molecule has 1 amide bonds. The highest BCUT2D eigenvalue weighted by atomic mass is 16.5. The Kier molecular flexibility index (Phi) is 7.49. The van der Waals surface area contributed by atoms with E-state index < -0.39 is 0 Å². The van der Waals surface area contributed by atoms with Crippen molar-refractivity contribution in [1.29, 1.82) is 0 Å². The molecule has 1 aliphatic heterocycles. The number of amides is 1. The molecule has 2 N–H and O–H groups in total. The molecule has 1 fully saturated rings. The first-order valence-corrected chi connectivity index (χ1v) is 13.1. The first-order valence-electron chi connectivity index (χ1n) is 13.1. The second-order valence-corrected chi connectivity index (χ2v) is 10.0. The number of fused-ring (bicyclic) bond motifs is 1. The van der Waals surface area contributed by atoms with E-state index in [4.69, 9.17) is 20.2 Å². The average molecular weight is 527 g/mol. The zero-order valence-electron chi connectivity index (χ0n) is 22.6. The lowest BCUT2D eigenvalue weighted by Crippen LogP contribution is -2.50. The molecule has 4 aromatic rings. The van der Waals surface area contributed by atoms with E-state index in [9.17, 15) is 4.79 Å². The van der Waals surface area contributed by atoms with E-state index in [0.29, 0.717) is 60.2 Å². The Balaban J connectivity index is 1.39. The normalized spacial score (nSPS) is 14.7. The fourth-order valence-electron chi connectivity index (χ4n) is 5.45. The van der Waals surface area contributed by atoms with Crippen LogP contribution in [0.15, 0.2) is 66.9 Å². The Morgan fingerprint density at radius 2 is 1.69 bits per heavy atom. The summed E-state index contributed by atoms with van der Waals surface area (Å²) in [6.07, 6.45) is 3.69. The summed E-state index contributed by atoms with van der Waals surface area (Å²) in [5, 5.41) is 0.710. The second-order valence-electron chi connectivity index (χ2n) is 10.0. The number of benzene rings is 2. The minimum absolute atomic E-state index is 0.110. The third-order valence-electron chi connectivity index (χ3n) is 7.62. The van der Waals surface area contributed by atoms with Crippen LogP contribution in [0.4, 0.5) is 11.8 Å². The van der Waals surface area contributed by atoms with Gasteiger partial charge in [0.05, 0.1) is 26.2 Å². The number of carbonyl (C=O) groups excluding carboxylic acids is 1. The van der Waals surface area contributed by atoms with Gasteiger partial charge in [-0.15, -0.1) is 0 Å². The monoisotopic (exact) mass is 526 g/mol. The highest BCUT2D eigenvalue weighted by Crippen LogP contribution is 2.38. The number of hydrogen-bond donors (Lipinski definition) is 1. The summed E-state index contributed by atoms with van der Waals surface area (Å²) in [6, 6.07) is 19.8. The molecule has 0 bridgehead atoms. The van der Waals surface area contributed by atoms with E-state index in [1.165, 1.54) is 5.56 Å². The molecule has 2 aromatic carbocycles. The van der Waals surface area contributed by atoms with Gasteiger partial charge in [-0.3, -0.25) is 9.78 Å². The van der Waals surface area contributed by atoms with Crippen LogP contribution >= 0.6 is 0 Å². The fourth-order valence-corrected chi connectivity index (χ4v) is 5.45. The van der Waals surface area contributed by atoms with Crippen LogP contribution in [-0.2, 0) is 16.6 Å². The molecule has 2 aromatic heterocycles. The van der Waals surface area contributed by atoms with Gasteiger partial charge in [0.15, 0.2) is 11.5 Å². The number of rotatable bonds is 8. The third-order valence-corrected chi connectivity index (χ3v) is 7.62. The van der Waals surface area contributed by atoms with E-state index in [1.807, 2.05) is 42.3 Å². The van der Waals surface area contributed by atoms with Crippen LogP contribution in [0.25, 0.3) is 10.9 Å². The van der Waals surface area contributed by atoms with Crippen molar-refractivity contribution in [3.63, 3.8) is 0 Å². The molecule has 1 saturated heterocycles. The number of nitrogens with zero attached hydrogens (tertiary/aromatic N) is 5. The lowest BCUT2D eigenvalue weighted by Gasteiger charge is -2.44. The number of anilines is 2. The molecular weight excluding hydrogens is 492 g/mol. The first kappa shape index (κ1) is 26.2. The van der Waals surface area contributed by atoms with Crippen LogP contribution in [0, 0.1) is 0 Å². The summed E-state index contributed by atoms with van der Waals surface area (Å²) < 4.78 is 10.9. The van der Waals surface area contributed by atoms with Gasteiger partial charge in [0.2, 0.25) is 11.9 Å². The number of piperidine rings is 1. The molecule has 9 nitrogen and oxygen atoms in total. The van der Waals surface area contributed by atoms with Gasteiger partial charge in [-0.25, -0.2) is 4.98 Å². The van der Waals surface area contributed by atoms with Crippen LogP contribution < -0.4 is 20.1 Å².